The molecule has 0 aromatic heterocycles. The average Bonchev–Trinajstić information content (AvgIpc) is 2.38. The highest BCUT2D eigenvalue weighted by atomic mass is 32.2. The third-order valence-electron chi connectivity index (χ3n) is 3.21. The molecule has 21 heavy (non-hydrogen) atoms. The molecular weight excluding hydrogens is 305 g/mol. The molecule has 0 radical (unpaired) electrons. The lowest BCUT2D eigenvalue weighted by Crippen LogP contribution is -2.44. The van der Waals surface area contributed by atoms with Gasteiger partial charge in [-0.2, -0.15) is 0 Å². The number of nitrogen functional groups attached to an aromatic ring is 1. The number of anilines is 1. The summed E-state index contributed by atoms with van der Waals surface area (Å²) in [6.07, 6.45) is 0. The summed E-state index contributed by atoms with van der Waals surface area (Å²) in [6.45, 7) is -0.189. The summed E-state index contributed by atoms with van der Waals surface area (Å²) < 4.78 is 36.4. The second-order valence-corrected chi connectivity index (χ2v) is 6.86. The maximum absolute atomic E-state index is 13.8. The Morgan fingerprint density at radius 3 is 2.43 bits per heavy atom. The Morgan fingerprint density at radius 1 is 1.33 bits per heavy atom. The molecule has 1 aliphatic heterocycles. The normalized spacial score (nSPS) is 17.5. The molecule has 0 saturated carbocycles. The van der Waals surface area contributed by atoms with Gasteiger partial charge in [0.05, 0.1) is 16.4 Å². The summed E-state index contributed by atoms with van der Waals surface area (Å²) in [4.78, 5) is 23.3. The second kappa shape index (κ2) is 5.28. The van der Waals surface area contributed by atoms with Crippen molar-refractivity contribution in [2.24, 2.45) is 0 Å². The minimum atomic E-state index is -3.20. The van der Waals surface area contributed by atoms with E-state index < -0.39 is 43.4 Å². The lowest BCUT2D eigenvalue weighted by molar-refractivity contribution is -0.384. The van der Waals surface area contributed by atoms with E-state index in [4.69, 9.17) is 5.73 Å². The molecule has 0 atom stereocenters. The van der Waals surface area contributed by atoms with Crippen molar-refractivity contribution in [3.05, 3.63) is 33.6 Å². The van der Waals surface area contributed by atoms with Gasteiger partial charge in [-0.3, -0.25) is 14.9 Å². The van der Waals surface area contributed by atoms with Crippen LogP contribution in [0.5, 0.6) is 0 Å². The van der Waals surface area contributed by atoms with Crippen molar-refractivity contribution in [1.29, 1.82) is 0 Å². The lowest BCUT2D eigenvalue weighted by Gasteiger charge is -2.27. The zero-order chi connectivity index (χ0) is 15.8. The van der Waals surface area contributed by atoms with E-state index >= 15 is 0 Å². The Morgan fingerprint density at radius 2 is 1.90 bits per heavy atom. The van der Waals surface area contributed by atoms with Crippen LogP contribution in [0.4, 0.5) is 15.8 Å². The highest BCUT2D eigenvalue weighted by molar-refractivity contribution is 7.91. The van der Waals surface area contributed by atoms with E-state index in [9.17, 15) is 27.7 Å². The Kier molecular flexibility index (Phi) is 3.81. The quantitative estimate of drug-likeness (QED) is 0.471. The molecular formula is C11H12FN3O5S. The van der Waals surface area contributed by atoms with Crippen LogP contribution < -0.4 is 5.73 Å². The van der Waals surface area contributed by atoms with Crippen molar-refractivity contribution in [2.75, 3.05) is 30.3 Å². The van der Waals surface area contributed by atoms with Gasteiger partial charge in [-0.15, -0.1) is 0 Å². The molecule has 1 heterocycles. The summed E-state index contributed by atoms with van der Waals surface area (Å²) in [5.74, 6) is -2.27. The first-order valence-corrected chi connectivity index (χ1v) is 7.77. The van der Waals surface area contributed by atoms with Crippen LogP contribution in [0.15, 0.2) is 12.1 Å². The van der Waals surface area contributed by atoms with Gasteiger partial charge < -0.3 is 10.6 Å². The van der Waals surface area contributed by atoms with Crippen LogP contribution in [0.1, 0.15) is 10.4 Å². The SMILES string of the molecule is Nc1c([N+](=O)[O-])ccc(F)c1C(=O)N1CCS(=O)(=O)CC1. The predicted molar refractivity (Wildman–Crippen MR) is 72.0 cm³/mol. The van der Waals surface area contributed by atoms with Crippen molar-refractivity contribution < 1.29 is 22.5 Å². The van der Waals surface area contributed by atoms with E-state index in [0.717, 1.165) is 17.0 Å². The van der Waals surface area contributed by atoms with Crippen LogP contribution in [-0.2, 0) is 9.84 Å². The number of sulfone groups is 1. The van der Waals surface area contributed by atoms with Gasteiger partial charge in [-0.05, 0) is 6.07 Å². The maximum Gasteiger partial charge on any atom is 0.293 e. The van der Waals surface area contributed by atoms with Crippen molar-refractivity contribution >= 4 is 27.1 Å². The fourth-order valence-corrected chi connectivity index (χ4v) is 3.23. The number of amides is 1. The van der Waals surface area contributed by atoms with E-state index in [2.05, 4.69) is 0 Å². The molecule has 0 spiro atoms. The summed E-state index contributed by atoms with van der Waals surface area (Å²) in [5.41, 5.74) is 3.78. The molecule has 1 aromatic rings. The first kappa shape index (κ1) is 15.2. The van der Waals surface area contributed by atoms with E-state index in [1.807, 2.05) is 0 Å². The summed E-state index contributed by atoms with van der Waals surface area (Å²) >= 11 is 0. The summed E-state index contributed by atoms with van der Waals surface area (Å²) in [7, 11) is -3.20. The lowest BCUT2D eigenvalue weighted by atomic mass is 10.1. The number of hydrogen-bond acceptors (Lipinski definition) is 6. The number of nitrogens with two attached hydrogens (primary N) is 1. The van der Waals surface area contributed by atoms with E-state index in [-0.39, 0.29) is 24.6 Å². The van der Waals surface area contributed by atoms with Gasteiger partial charge in [-0.1, -0.05) is 0 Å². The molecule has 2 N–H and O–H groups in total. The van der Waals surface area contributed by atoms with Gasteiger partial charge >= 0.3 is 0 Å². The minimum absolute atomic E-state index is 0.0945. The van der Waals surface area contributed by atoms with Gasteiger partial charge in [0.2, 0.25) is 0 Å². The largest absolute Gasteiger partial charge is 0.392 e. The molecule has 1 aromatic carbocycles. The molecule has 0 unspecified atom stereocenters. The van der Waals surface area contributed by atoms with Crippen LogP contribution in [0, 0.1) is 15.9 Å². The molecule has 8 nitrogen and oxygen atoms in total. The van der Waals surface area contributed by atoms with Crippen molar-refractivity contribution in [3.63, 3.8) is 0 Å². The fourth-order valence-electron chi connectivity index (χ4n) is 2.03. The molecule has 10 heteroatoms. The molecule has 1 aliphatic rings. The Balaban J connectivity index is 2.36. The van der Waals surface area contributed by atoms with Crippen molar-refractivity contribution in [3.8, 4) is 0 Å². The zero-order valence-electron chi connectivity index (χ0n) is 10.8. The van der Waals surface area contributed by atoms with Crippen LogP contribution >= 0.6 is 0 Å². The van der Waals surface area contributed by atoms with Gasteiger partial charge in [0.15, 0.2) is 9.84 Å². The van der Waals surface area contributed by atoms with Crippen LogP contribution in [0.3, 0.4) is 0 Å². The van der Waals surface area contributed by atoms with Gasteiger partial charge in [0, 0.05) is 19.2 Å². The van der Waals surface area contributed by atoms with Crippen LogP contribution in [0.2, 0.25) is 0 Å². The van der Waals surface area contributed by atoms with Crippen molar-refractivity contribution in [2.45, 2.75) is 0 Å². The number of nitro benzene ring substituents is 1. The number of nitrogens with zero attached hydrogens (tertiary/aromatic N) is 2. The molecule has 0 bridgehead atoms. The van der Waals surface area contributed by atoms with Gasteiger partial charge in [-0.25, -0.2) is 12.8 Å². The van der Waals surface area contributed by atoms with Gasteiger partial charge in [0.1, 0.15) is 17.1 Å². The van der Waals surface area contributed by atoms with Crippen LogP contribution in [0.25, 0.3) is 0 Å². The number of rotatable bonds is 2. The Hall–Kier alpha value is -2.23. The first-order valence-electron chi connectivity index (χ1n) is 5.95. The van der Waals surface area contributed by atoms with Crippen LogP contribution in [-0.4, -0.2) is 48.7 Å². The highest BCUT2D eigenvalue weighted by Gasteiger charge is 2.30. The zero-order valence-corrected chi connectivity index (χ0v) is 11.6. The Bertz CT molecular complexity index is 705. The number of nitro groups is 1. The van der Waals surface area contributed by atoms with E-state index in [1.165, 1.54) is 0 Å². The molecule has 114 valence electrons. The third-order valence-corrected chi connectivity index (χ3v) is 4.82. The summed E-state index contributed by atoms with van der Waals surface area (Å²) in [6, 6.07) is 1.67. The average molecular weight is 317 g/mol. The standard InChI is InChI=1S/C11H12FN3O5S/c12-7-1-2-8(15(17)18)10(13)9(7)11(16)14-3-5-21(19,20)6-4-14/h1-2H,3-6,13H2. The minimum Gasteiger partial charge on any atom is -0.392 e. The number of carbonyl (C=O) groups excluding carboxylic acids is 1. The highest BCUT2D eigenvalue weighted by Crippen LogP contribution is 2.28. The smallest absolute Gasteiger partial charge is 0.293 e. The predicted octanol–water partition coefficient (Wildman–Crippen LogP) is 0.187. The van der Waals surface area contributed by atoms with E-state index in [0.29, 0.717) is 0 Å². The van der Waals surface area contributed by atoms with Crippen molar-refractivity contribution in [1.82, 2.24) is 4.90 Å². The third kappa shape index (κ3) is 2.94. The Labute approximate surface area is 119 Å². The second-order valence-electron chi connectivity index (χ2n) is 4.56. The fraction of sp³-hybridized carbons (Fsp3) is 0.364. The molecule has 2 rings (SSSR count). The molecule has 1 fully saturated rings. The molecule has 0 aliphatic carbocycles. The van der Waals surface area contributed by atoms with Gasteiger partial charge in [0.25, 0.3) is 11.6 Å². The topological polar surface area (TPSA) is 124 Å². The number of benzene rings is 1. The number of carbonyl (C=O) groups is 1. The monoisotopic (exact) mass is 317 g/mol. The maximum atomic E-state index is 13.8. The first-order chi connectivity index (χ1) is 9.73. The molecule has 1 saturated heterocycles. The number of halogens is 1. The molecule has 1 amide bonds. The number of hydrogen-bond donors (Lipinski definition) is 1. The summed E-state index contributed by atoms with van der Waals surface area (Å²) in [5, 5.41) is 10.8. The van der Waals surface area contributed by atoms with E-state index in [1.54, 1.807) is 0 Å².